The summed E-state index contributed by atoms with van der Waals surface area (Å²) < 4.78 is 19.2. The first-order valence-electron chi connectivity index (χ1n) is 6.88. The van der Waals surface area contributed by atoms with E-state index in [0.717, 1.165) is 6.07 Å². The van der Waals surface area contributed by atoms with Gasteiger partial charge in [-0.15, -0.1) is 0 Å². The van der Waals surface area contributed by atoms with Crippen molar-refractivity contribution in [3.63, 3.8) is 0 Å². The maximum absolute atomic E-state index is 13.7. The second-order valence-electron chi connectivity index (χ2n) is 4.82. The smallest absolute Gasteiger partial charge is 0.341 e. The highest BCUT2D eigenvalue weighted by atomic mass is 79.9. The van der Waals surface area contributed by atoms with Crippen molar-refractivity contribution in [2.75, 3.05) is 5.32 Å². The maximum atomic E-state index is 13.7. The minimum atomic E-state index is -1.16. The summed E-state index contributed by atoms with van der Waals surface area (Å²) in [4.78, 5) is 24.1. The molecule has 2 aromatic rings. The zero-order chi connectivity index (χ0) is 17.7. The van der Waals surface area contributed by atoms with Gasteiger partial charge in [-0.2, -0.15) is 5.26 Å². The minimum absolute atomic E-state index is 0.276. The molecule has 0 unspecified atom stereocenters. The van der Waals surface area contributed by atoms with Crippen molar-refractivity contribution in [3.8, 4) is 6.07 Å². The lowest BCUT2D eigenvalue weighted by Gasteiger charge is -2.14. The number of nitrogens with one attached hydrogen (secondary N) is 1. The Bertz CT molecular complexity index is 833. The van der Waals surface area contributed by atoms with Gasteiger partial charge in [0, 0.05) is 4.47 Å². The Morgan fingerprint density at radius 2 is 2.00 bits per heavy atom. The van der Waals surface area contributed by atoms with Gasteiger partial charge in [-0.1, -0.05) is 28.1 Å². The van der Waals surface area contributed by atoms with Crippen LogP contribution in [0.15, 0.2) is 46.9 Å². The molecule has 0 aromatic heterocycles. The fourth-order valence-corrected chi connectivity index (χ4v) is 2.22. The molecule has 0 heterocycles. The summed E-state index contributed by atoms with van der Waals surface area (Å²) in [5.74, 6) is -2.32. The topological polar surface area (TPSA) is 79.2 Å². The number of hydrogen-bond acceptors (Lipinski definition) is 4. The lowest BCUT2D eigenvalue weighted by molar-refractivity contribution is -0.123. The third-order valence-electron chi connectivity index (χ3n) is 3.11. The van der Waals surface area contributed by atoms with Gasteiger partial charge in [0.2, 0.25) is 0 Å². The lowest BCUT2D eigenvalue weighted by atomic mass is 10.2. The highest BCUT2D eigenvalue weighted by Gasteiger charge is 2.22. The molecule has 122 valence electrons. The largest absolute Gasteiger partial charge is 0.449 e. The van der Waals surface area contributed by atoms with Gasteiger partial charge in [-0.3, -0.25) is 4.79 Å². The number of anilines is 1. The number of amides is 1. The van der Waals surface area contributed by atoms with Crippen LogP contribution in [0.3, 0.4) is 0 Å². The third-order valence-corrected chi connectivity index (χ3v) is 3.60. The minimum Gasteiger partial charge on any atom is -0.449 e. The van der Waals surface area contributed by atoms with Gasteiger partial charge >= 0.3 is 5.97 Å². The molecule has 0 aliphatic heterocycles. The summed E-state index contributed by atoms with van der Waals surface area (Å²) in [7, 11) is 0. The quantitative estimate of drug-likeness (QED) is 0.808. The number of nitrogens with zero attached hydrogens (tertiary/aromatic N) is 1. The normalized spacial score (nSPS) is 11.2. The van der Waals surface area contributed by atoms with Crippen molar-refractivity contribution < 1.29 is 18.7 Å². The van der Waals surface area contributed by atoms with E-state index in [9.17, 15) is 14.0 Å². The molecule has 0 bridgehead atoms. The van der Waals surface area contributed by atoms with E-state index in [1.165, 1.54) is 19.1 Å². The first-order chi connectivity index (χ1) is 11.4. The predicted molar refractivity (Wildman–Crippen MR) is 88.8 cm³/mol. The monoisotopic (exact) mass is 390 g/mol. The van der Waals surface area contributed by atoms with Crippen molar-refractivity contribution in [2.24, 2.45) is 0 Å². The molecule has 0 saturated carbocycles. The Kier molecular flexibility index (Phi) is 5.66. The van der Waals surface area contributed by atoms with Crippen molar-refractivity contribution >= 4 is 33.5 Å². The zero-order valence-corrected chi connectivity index (χ0v) is 14.1. The molecule has 0 aliphatic carbocycles. The molecule has 2 aromatic carbocycles. The van der Waals surface area contributed by atoms with Gasteiger partial charge < -0.3 is 10.1 Å². The molecule has 1 N–H and O–H groups in total. The average molecular weight is 391 g/mol. The number of halogens is 2. The van der Waals surface area contributed by atoms with Gasteiger partial charge in [0.25, 0.3) is 5.91 Å². The van der Waals surface area contributed by atoms with E-state index in [2.05, 4.69) is 21.2 Å². The third kappa shape index (κ3) is 4.18. The van der Waals surface area contributed by atoms with E-state index in [0.29, 0.717) is 10.2 Å². The predicted octanol–water partition coefficient (Wildman–Crippen LogP) is 3.64. The van der Waals surface area contributed by atoms with Crippen LogP contribution >= 0.6 is 15.9 Å². The molecule has 0 fully saturated rings. The van der Waals surface area contributed by atoms with E-state index < -0.39 is 23.8 Å². The molecular formula is C17H12BrFN2O3. The van der Waals surface area contributed by atoms with Gasteiger partial charge in [-0.05, 0) is 37.3 Å². The van der Waals surface area contributed by atoms with Gasteiger partial charge in [0.1, 0.15) is 11.9 Å². The molecule has 0 saturated heterocycles. The maximum Gasteiger partial charge on any atom is 0.341 e. The highest BCUT2D eigenvalue weighted by molar-refractivity contribution is 9.10. The van der Waals surface area contributed by atoms with E-state index in [4.69, 9.17) is 10.00 Å². The standard InChI is InChI=1S/C17H12BrFN2O3/c1-10(16(22)21-15-5-3-2-4-11(15)9-20)24-17(23)13-8-12(18)6-7-14(13)19/h2-8,10H,1H3,(H,21,22)/t10-/m0/s1. The fraction of sp³-hybridized carbons (Fsp3) is 0.118. The first kappa shape index (κ1) is 17.6. The summed E-state index contributed by atoms with van der Waals surface area (Å²) in [5, 5.41) is 11.5. The van der Waals surface area contributed by atoms with Crippen LogP contribution in [0, 0.1) is 17.1 Å². The van der Waals surface area contributed by atoms with Crippen molar-refractivity contribution in [3.05, 3.63) is 63.9 Å². The van der Waals surface area contributed by atoms with Crippen LogP contribution < -0.4 is 5.32 Å². The summed E-state index contributed by atoms with van der Waals surface area (Å²) in [6.45, 7) is 1.36. The van der Waals surface area contributed by atoms with E-state index in [-0.39, 0.29) is 11.1 Å². The molecule has 0 aliphatic rings. The highest BCUT2D eigenvalue weighted by Crippen LogP contribution is 2.18. The molecule has 7 heteroatoms. The van der Waals surface area contributed by atoms with Crippen LogP contribution in [0.5, 0.6) is 0 Å². The number of hydrogen-bond donors (Lipinski definition) is 1. The van der Waals surface area contributed by atoms with Crippen molar-refractivity contribution in [2.45, 2.75) is 13.0 Å². The first-order valence-corrected chi connectivity index (χ1v) is 7.67. The number of rotatable bonds is 4. The molecule has 1 amide bonds. The van der Waals surface area contributed by atoms with Crippen LogP contribution in [0.4, 0.5) is 10.1 Å². The Hall–Kier alpha value is -2.72. The van der Waals surface area contributed by atoms with Gasteiger partial charge in [0.05, 0.1) is 16.8 Å². The zero-order valence-electron chi connectivity index (χ0n) is 12.5. The van der Waals surface area contributed by atoms with E-state index >= 15 is 0 Å². The molecule has 0 radical (unpaired) electrons. The summed E-state index contributed by atoms with van der Waals surface area (Å²) >= 11 is 3.14. The molecule has 2 rings (SSSR count). The van der Waals surface area contributed by atoms with Crippen LogP contribution in [0.2, 0.25) is 0 Å². The Morgan fingerprint density at radius 3 is 2.71 bits per heavy atom. The van der Waals surface area contributed by atoms with Crippen molar-refractivity contribution in [1.29, 1.82) is 5.26 Å². The average Bonchev–Trinajstić information content (AvgIpc) is 2.57. The van der Waals surface area contributed by atoms with Crippen LogP contribution in [0.1, 0.15) is 22.8 Å². The lowest BCUT2D eigenvalue weighted by Crippen LogP contribution is -2.30. The number of nitriles is 1. The molecule has 0 spiro atoms. The van der Waals surface area contributed by atoms with Gasteiger partial charge in [0.15, 0.2) is 6.10 Å². The Morgan fingerprint density at radius 1 is 1.29 bits per heavy atom. The van der Waals surface area contributed by atoms with E-state index in [1.807, 2.05) is 6.07 Å². The Labute approximate surface area is 146 Å². The summed E-state index contributed by atoms with van der Waals surface area (Å²) in [6.07, 6.45) is -1.16. The number of carbonyl (C=O) groups excluding carboxylic acids is 2. The number of carbonyl (C=O) groups is 2. The molecule has 24 heavy (non-hydrogen) atoms. The number of para-hydroxylation sites is 1. The van der Waals surface area contributed by atoms with E-state index in [1.54, 1.807) is 24.3 Å². The van der Waals surface area contributed by atoms with Crippen molar-refractivity contribution in [1.82, 2.24) is 0 Å². The molecule has 1 atom stereocenters. The van der Waals surface area contributed by atoms with Crippen LogP contribution in [-0.2, 0) is 9.53 Å². The van der Waals surface area contributed by atoms with Gasteiger partial charge in [-0.25, -0.2) is 9.18 Å². The SMILES string of the molecule is C[C@H](OC(=O)c1cc(Br)ccc1F)C(=O)Nc1ccccc1C#N. The molecular weight excluding hydrogens is 379 g/mol. The van der Waals surface area contributed by atoms with Crippen LogP contribution in [-0.4, -0.2) is 18.0 Å². The number of esters is 1. The second kappa shape index (κ2) is 7.70. The van der Waals surface area contributed by atoms with Crippen LogP contribution in [0.25, 0.3) is 0 Å². The second-order valence-corrected chi connectivity index (χ2v) is 5.73. The Balaban J connectivity index is 2.07. The number of ether oxygens (including phenoxy) is 1. The fourth-order valence-electron chi connectivity index (χ4n) is 1.86. The summed E-state index contributed by atoms with van der Waals surface area (Å²) in [5.41, 5.74) is 0.311. The molecule has 5 nitrogen and oxygen atoms in total. The number of benzene rings is 2. The summed E-state index contributed by atoms with van der Waals surface area (Å²) in [6, 6.07) is 12.2.